The highest BCUT2D eigenvalue weighted by atomic mass is 32.2. The van der Waals surface area contributed by atoms with Crippen molar-refractivity contribution in [2.45, 2.75) is 109 Å². The third-order valence-corrected chi connectivity index (χ3v) is 11.8. The number of nitrogens with zero attached hydrogens (tertiary/aromatic N) is 1. The van der Waals surface area contributed by atoms with Gasteiger partial charge in [-0.05, 0) is 73.9 Å². The van der Waals surface area contributed by atoms with Crippen molar-refractivity contribution in [1.82, 2.24) is 15.5 Å². The van der Waals surface area contributed by atoms with Crippen LogP contribution in [0.5, 0.6) is 0 Å². The Morgan fingerprint density at radius 2 is 1.54 bits per heavy atom. The van der Waals surface area contributed by atoms with Crippen molar-refractivity contribution in [1.29, 1.82) is 0 Å². The molecule has 10 heteroatoms. The normalized spacial score (nSPS) is 19.2. The molecule has 2 aromatic carbocycles. The molecule has 2 aliphatic carbocycles. The summed E-state index contributed by atoms with van der Waals surface area (Å²) in [6.07, 6.45) is 6.97. The SMILES string of the molecule is CC(C)C[C@H](O)[C@H](O)[C@H](CC1CCCCC1)NC(=O)[C@H](CC1CC1)NC(=O)[C@H](Cc1cccc2ccccc12)CS(=O)(=O)CCN(C)C. The van der Waals surface area contributed by atoms with Crippen LogP contribution in [0.15, 0.2) is 42.5 Å². The van der Waals surface area contributed by atoms with Crippen molar-refractivity contribution < 1.29 is 28.2 Å². The second-order valence-electron chi connectivity index (χ2n) is 15.2. The minimum absolute atomic E-state index is 0.0647. The maximum atomic E-state index is 14.1. The van der Waals surface area contributed by atoms with Crippen LogP contribution in [0.1, 0.15) is 83.6 Å². The second kappa shape index (κ2) is 17.9. The van der Waals surface area contributed by atoms with E-state index in [1.54, 1.807) is 0 Å². The molecule has 268 valence electrons. The number of nitrogens with one attached hydrogen (secondary N) is 2. The van der Waals surface area contributed by atoms with Gasteiger partial charge in [-0.3, -0.25) is 9.59 Å². The van der Waals surface area contributed by atoms with Crippen LogP contribution in [-0.4, -0.2) is 91.8 Å². The molecule has 0 aromatic heterocycles. The molecule has 0 heterocycles. The van der Waals surface area contributed by atoms with Crippen LogP contribution in [0, 0.1) is 23.7 Å². The molecule has 0 bridgehead atoms. The topological polar surface area (TPSA) is 136 Å². The maximum Gasteiger partial charge on any atom is 0.242 e. The molecule has 4 N–H and O–H groups in total. The maximum absolute atomic E-state index is 14.1. The van der Waals surface area contributed by atoms with E-state index >= 15 is 0 Å². The Morgan fingerprint density at radius 1 is 0.875 bits per heavy atom. The monoisotopic (exact) mass is 685 g/mol. The first-order valence-corrected chi connectivity index (χ1v) is 19.9. The Morgan fingerprint density at radius 3 is 2.21 bits per heavy atom. The molecule has 2 amide bonds. The van der Waals surface area contributed by atoms with Crippen molar-refractivity contribution in [3.8, 4) is 0 Å². The average molecular weight is 686 g/mol. The summed E-state index contributed by atoms with van der Waals surface area (Å²) >= 11 is 0. The summed E-state index contributed by atoms with van der Waals surface area (Å²) in [6, 6.07) is 12.2. The minimum Gasteiger partial charge on any atom is -0.390 e. The summed E-state index contributed by atoms with van der Waals surface area (Å²) in [5.41, 5.74) is 0.883. The van der Waals surface area contributed by atoms with Crippen LogP contribution in [0.25, 0.3) is 10.8 Å². The van der Waals surface area contributed by atoms with E-state index in [1.807, 2.05) is 75.3 Å². The quantitative estimate of drug-likeness (QED) is 0.171. The lowest BCUT2D eigenvalue weighted by molar-refractivity contribution is -0.132. The predicted octanol–water partition coefficient (Wildman–Crippen LogP) is 4.48. The number of aliphatic hydroxyl groups is 2. The lowest BCUT2D eigenvalue weighted by atomic mass is 9.82. The Kier molecular flexibility index (Phi) is 14.3. The lowest BCUT2D eigenvalue weighted by Gasteiger charge is -2.34. The van der Waals surface area contributed by atoms with Gasteiger partial charge in [0.2, 0.25) is 11.8 Å². The second-order valence-corrected chi connectivity index (χ2v) is 17.5. The number of benzene rings is 2. The summed E-state index contributed by atoms with van der Waals surface area (Å²) in [5, 5.41) is 30.2. The van der Waals surface area contributed by atoms with Gasteiger partial charge in [0.25, 0.3) is 0 Å². The minimum atomic E-state index is -3.59. The van der Waals surface area contributed by atoms with Gasteiger partial charge in [-0.25, -0.2) is 8.42 Å². The third kappa shape index (κ3) is 12.1. The number of amides is 2. The van der Waals surface area contributed by atoms with Gasteiger partial charge in [0, 0.05) is 6.54 Å². The molecule has 0 aliphatic heterocycles. The number of sulfone groups is 1. The first kappa shape index (κ1) is 38.3. The number of rotatable bonds is 19. The van der Waals surface area contributed by atoms with E-state index in [0.29, 0.717) is 37.6 Å². The van der Waals surface area contributed by atoms with Gasteiger partial charge in [-0.2, -0.15) is 0 Å². The van der Waals surface area contributed by atoms with Crippen molar-refractivity contribution in [2.24, 2.45) is 23.7 Å². The van der Waals surface area contributed by atoms with Gasteiger partial charge >= 0.3 is 0 Å². The molecule has 0 saturated heterocycles. The van der Waals surface area contributed by atoms with E-state index in [1.165, 1.54) is 6.42 Å². The highest BCUT2D eigenvalue weighted by molar-refractivity contribution is 7.91. The molecule has 4 rings (SSSR count). The summed E-state index contributed by atoms with van der Waals surface area (Å²) in [5.74, 6) is -1.30. The molecule has 48 heavy (non-hydrogen) atoms. The number of carbonyl (C=O) groups is 2. The van der Waals surface area contributed by atoms with Crippen LogP contribution in [0.2, 0.25) is 0 Å². The van der Waals surface area contributed by atoms with Crippen LogP contribution in [0.4, 0.5) is 0 Å². The Labute approximate surface area is 288 Å². The Hall–Kier alpha value is -2.53. The molecule has 5 atom stereocenters. The molecule has 2 saturated carbocycles. The number of hydrogen-bond acceptors (Lipinski definition) is 7. The van der Waals surface area contributed by atoms with Gasteiger partial charge in [0.1, 0.15) is 12.1 Å². The lowest BCUT2D eigenvalue weighted by Crippen LogP contribution is -2.56. The summed E-state index contributed by atoms with van der Waals surface area (Å²) in [7, 11) is 0.0422. The number of hydrogen-bond donors (Lipinski definition) is 4. The van der Waals surface area contributed by atoms with E-state index in [0.717, 1.165) is 54.9 Å². The van der Waals surface area contributed by atoms with E-state index in [4.69, 9.17) is 0 Å². The standard InChI is InChI=1S/C38H59N3O6S/c1-26(2)21-35(42)36(43)33(22-27-11-6-5-7-12-27)39-38(45)34(23-28-17-18-28)40-37(44)31(25-48(46,47)20-19-41(3)4)24-30-15-10-14-29-13-8-9-16-32(29)30/h8-10,13-16,26-28,31,33-36,42-43H,5-7,11-12,17-25H2,1-4H3,(H,39,45)(H,40,44)/t31-,33+,34+,35+,36-/m1/s1. The van der Waals surface area contributed by atoms with Crippen LogP contribution in [-0.2, 0) is 25.8 Å². The molecule has 0 spiro atoms. The molecular weight excluding hydrogens is 627 g/mol. The van der Waals surface area contributed by atoms with Gasteiger partial charge in [0.15, 0.2) is 9.84 Å². The zero-order valence-electron chi connectivity index (χ0n) is 29.4. The summed E-state index contributed by atoms with van der Waals surface area (Å²) in [6.45, 7) is 4.33. The molecule has 2 aliphatic rings. The first-order chi connectivity index (χ1) is 22.8. The largest absolute Gasteiger partial charge is 0.390 e. The number of carbonyl (C=O) groups excluding carboxylic acids is 2. The van der Waals surface area contributed by atoms with Gasteiger partial charge in [0.05, 0.1) is 29.6 Å². The van der Waals surface area contributed by atoms with Crippen LogP contribution >= 0.6 is 0 Å². The Bertz CT molecular complexity index is 1430. The van der Waals surface area contributed by atoms with Crippen molar-refractivity contribution in [3.63, 3.8) is 0 Å². The molecule has 0 unspecified atom stereocenters. The van der Waals surface area contributed by atoms with Crippen molar-refractivity contribution >= 4 is 32.4 Å². The predicted molar refractivity (Wildman–Crippen MR) is 192 cm³/mol. The zero-order valence-corrected chi connectivity index (χ0v) is 30.3. The van der Waals surface area contributed by atoms with Gasteiger partial charge in [-0.1, -0.05) is 101 Å². The molecule has 2 aromatic rings. The summed E-state index contributed by atoms with van der Waals surface area (Å²) in [4.78, 5) is 30.0. The van der Waals surface area contributed by atoms with E-state index in [9.17, 15) is 28.2 Å². The molecule has 9 nitrogen and oxygen atoms in total. The smallest absolute Gasteiger partial charge is 0.242 e. The third-order valence-electron chi connectivity index (χ3n) is 10.1. The van der Waals surface area contributed by atoms with Gasteiger partial charge in [-0.15, -0.1) is 0 Å². The van der Waals surface area contributed by atoms with E-state index < -0.39 is 46.0 Å². The van der Waals surface area contributed by atoms with Crippen LogP contribution in [0.3, 0.4) is 0 Å². The molecular formula is C38H59N3O6S. The van der Waals surface area contributed by atoms with Gasteiger partial charge < -0.3 is 25.7 Å². The fraction of sp³-hybridized carbons (Fsp3) is 0.684. The Balaban J connectivity index is 1.56. The molecule has 2 fully saturated rings. The zero-order chi connectivity index (χ0) is 34.8. The van der Waals surface area contributed by atoms with Crippen molar-refractivity contribution in [2.75, 3.05) is 32.1 Å². The molecule has 0 radical (unpaired) electrons. The van der Waals surface area contributed by atoms with E-state index in [2.05, 4.69) is 10.6 Å². The highest BCUT2D eigenvalue weighted by Gasteiger charge is 2.37. The number of aliphatic hydroxyl groups excluding tert-OH is 2. The number of fused-ring (bicyclic) bond motifs is 1. The fourth-order valence-electron chi connectivity index (χ4n) is 7.12. The summed E-state index contributed by atoms with van der Waals surface area (Å²) < 4.78 is 26.6. The first-order valence-electron chi connectivity index (χ1n) is 18.1. The average Bonchev–Trinajstić information content (AvgIpc) is 3.87. The fourth-order valence-corrected chi connectivity index (χ4v) is 8.81. The van der Waals surface area contributed by atoms with Crippen LogP contribution < -0.4 is 10.6 Å². The van der Waals surface area contributed by atoms with E-state index in [-0.39, 0.29) is 29.8 Å². The highest BCUT2D eigenvalue weighted by Crippen LogP contribution is 2.34. The van der Waals surface area contributed by atoms with Crippen molar-refractivity contribution in [3.05, 3.63) is 48.0 Å².